The molecule has 0 fully saturated rings. The second-order valence-corrected chi connectivity index (χ2v) is 8.73. The summed E-state index contributed by atoms with van der Waals surface area (Å²) in [5, 5.41) is 2.78. The van der Waals surface area contributed by atoms with Crippen molar-refractivity contribution >= 4 is 27.3 Å². The molecule has 0 unspecified atom stereocenters. The highest BCUT2D eigenvalue weighted by Crippen LogP contribution is 2.22. The fraction of sp³-hybridized carbons (Fsp3) is 0.174. The van der Waals surface area contributed by atoms with E-state index in [2.05, 4.69) is 10.0 Å². The molecular formula is C23H24N2O4S. The standard InChI is InChI=1S/C23H24N2O4S/c1-16-8-9-18(3)22(14-16)25-30(27,28)20-12-10-19(11-13-20)29-15-23(26)24-21-7-5-4-6-17(21)2/h4-14,25H,15H2,1-3H3,(H,24,26). The van der Waals surface area contributed by atoms with E-state index in [-0.39, 0.29) is 17.4 Å². The third-order valence-corrected chi connectivity index (χ3v) is 5.94. The summed E-state index contributed by atoms with van der Waals surface area (Å²) in [7, 11) is -3.73. The van der Waals surface area contributed by atoms with Crippen LogP contribution in [-0.2, 0) is 14.8 Å². The van der Waals surface area contributed by atoms with Crippen molar-refractivity contribution in [1.29, 1.82) is 0 Å². The van der Waals surface area contributed by atoms with Crippen LogP contribution in [0.3, 0.4) is 0 Å². The number of ether oxygens (including phenoxy) is 1. The van der Waals surface area contributed by atoms with Crippen molar-refractivity contribution in [3.8, 4) is 5.75 Å². The van der Waals surface area contributed by atoms with E-state index in [0.29, 0.717) is 11.4 Å². The van der Waals surface area contributed by atoms with Crippen molar-refractivity contribution in [2.24, 2.45) is 0 Å². The molecule has 6 nitrogen and oxygen atoms in total. The van der Waals surface area contributed by atoms with Crippen LogP contribution in [0.2, 0.25) is 0 Å². The lowest BCUT2D eigenvalue weighted by Crippen LogP contribution is -2.20. The minimum atomic E-state index is -3.73. The molecule has 30 heavy (non-hydrogen) atoms. The van der Waals surface area contributed by atoms with Crippen LogP contribution in [0.5, 0.6) is 5.75 Å². The molecule has 7 heteroatoms. The van der Waals surface area contributed by atoms with E-state index in [1.54, 1.807) is 6.07 Å². The van der Waals surface area contributed by atoms with E-state index in [9.17, 15) is 13.2 Å². The average molecular weight is 425 g/mol. The maximum absolute atomic E-state index is 12.7. The highest BCUT2D eigenvalue weighted by atomic mass is 32.2. The molecule has 0 bridgehead atoms. The van der Waals surface area contributed by atoms with Crippen molar-refractivity contribution in [1.82, 2.24) is 0 Å². The van der Waals surface area contributed by atoms with Gasteiger partial charge in [-0.1, -0.05) is 30.3 Å². The number of rotatable bonds is 7. The Bertz CT molecular complexity index is 1160. The molecule has 3 aromatic carbocycles. The average Bonchev–Trinajstić information content (AvgIpc) is 2.71. The number of benzene rings is 3. The normalized spacial score (nSPS) is 11.0. The predicted octanol–water partition coefficient (Wildman–Crippen LogP) is 4.43. The third-order valence-electron chi connectivity index (χ3n) is 4.56. The summed E-state index contributed by atoms with van der Waals surface area (Å²) in [6.45, 7) is 5.47. The summed E-state index contributed by atoms with van der Waals surface area (Å²) in [6.07, 6.45) is 0. The molecule has 0 heterocycles. The monoisotopic (exact) mass is 424 g/mol. The van der Waals surface area contributed by atoms with Crippen LogP contribution in [0.25, 0.3) is 0 Å². The van der Waals surface area contributed by atoms with Gasteiger partial charge >= 0.3 is 0 Å². The van der Waals surface area contributed by atoms with Gasteiger partial charge in [0.15, 0.2) is 6.61 Å². The fourth-order valence-electron chi connectivity index (χ4n) is 2.81. The Morgan fingerprint density at radius 3 is 2.23 bits per heavy atom. The number of sulfonamides is 1. The van der Waals surface area contributed by atoms with E-state index >= 15 is 0 Å². The number of carbonyl (C=O) groups excluding carboxylic acids is 1. The Morgan fingerprint density at radius 2 is 1.53 bits per heavy atom. The SMILES string of the molecule is Cc1ccc(C)c(NS(=O)(=O)c2ccc(OCC(=O)Nc3ccccc3C)cc2)c1. The molecule has 0 saturated heterocycles. The van der Waals surface area contributed by atoms with Gasteiger partial charge in [0.2, 0.25) is 0 Å². The number of carbonyl (C=O) groups is 1. The Labute approximate surface area is 177 Å². The maximum Gasteiger partial charge on any atom is 0.262 e. The first-order chi connectivity index (χ1) is 14.2. The molecule has 0 radical (unpaired) electrons. The van der Waals surface area contributed by atoms with Crippen molar-refractivity contribution in [2.45, 2.75) is 25.7 Å². The van der Waals surface area contributed by atoms with Crippen molar-refractivity contribution in [3.05, 3.63) is 83.4 Å². The van der Waals surface area contributed by atoms with Gasteiger partial charge < -0.3 is 10.1 Å². The molecule has 3 aromatic rings. The molecular weight excluding hydrogens is 400 g/mol. The maximum atomic E-state index is 12.7. The number of amides is 1. The van der Waals surface area contributed by atoms with Crippen LogP contribution in [-0.4, -0.2) is 20.9 Å². The predicted molar refractivity (Wildman–Crippen MR) is 118 cm³/mol. The topological polar surface area (TPSA) is 84.5 Å². The summed E-state index contributed by atoms with van der Waals surface area (Å²) in [5.41, 5.74) is 4.03. The van der Waals surface area contributed by atoms with E-state index in [1.807, 2.05) is 57.2 Å². The molecule has 0 aliphatic carbocycles. The Balaban J connectivity index is 1.62. The fourth-order valence-corrected chi connectivity index (χ4v) is 3.93. The molecule has 3 rings (SSSR count). The smallest absolute Gasteiger partial charge is 0.262 e. The van der Waals surface area contributed by atoms with Gasteiger partial charge in [-0.3, -0.25) is 9.52 Å². The van der Waals surface area contributed by atoms with Gasteiger partial charge in [-0.2, -0.15) is 0 Å². The van der Waals surface area contributed by atoms with Gasteiger partial charge in [-0.15, -0.1) is 0 Å². The Hall–Kier alpha value is -3.32. The quantitative estimate of drug-likeness (QED) is 0.588. The lowest BCUT2D eigenvalue weighted by molar-refractivity contribution is -0.118. The molecule has 0 aliphatic rings. The molecule has 2 N–H and O–H groups in total. The van der Waals surface area contributed by atoms with Crippen LogP contribution in [0.1, 0.15) is 16.7 Å². The number of para-hydroxylation sites is 1. The number of aryl methyl sites for hydroxylation is 3. The summed E-state index contributed by atoms with van der Waals surface area (Å²) in [4.78, 5) is 12.2. The first kappa shape index (κ1) is 21.4. The Kier molecular flexibility index (Phi) is 6.42. The number of hydrogen-bond donors (Lipinski definition) is 2. The lowest BCUT2D eigenvalue weighted by Gasteiger charge is -2.12. The van der Waals surface area contributed by atoms with Crippen molar-refractivity contribution in [2.75, 3.05) is 16.6 Å². The van der Waals surface area contributed by atoms with Gasteiger partial charge in [0, 0.05) is 5.69 Å². The van der Waals surface area contributed by atoms with E-state index in [1.165, 1.54) is 24.3 Å². The van der Waals surface area contributed by atoms with E-state index < -0.39 is 10.0 Å². The van der Waals surface area contributed by atoms with Gasteiger partial charge in [-0.25, -0.2) is 8.42 Å². The molecule has 0 aliphatic heterocycles. The second-order valence-electron chi connectivity index (χ2n) is 7.05. The zero-order chi connectivity index (χ0) is 21.7. The molecule has 0 aromatic heterocycles. The molecule has 0 atom stereocenters. The lowest BCUT2D eigenvalue weighted by atomic mass is 10.1. The summed E-state index contributed by atoms with van der Waals surface area (Å²) >= 11 is 0. The van der Waals surface area contributed by atoms with Gasteiger partial charge in [0.05, 0.1) is 10.6 Å². The third kappa shape index (κ3) is 5.39. The summed E-state index contributed by atoms with van der Waals surface area (Å²) in [5.74, 6) is 0.109. The first-order valence-corrected chi connectivity index (χ1v) is 10.9. The zero-order valence-corrected chi connectivity index (χ0v) is 17.9. The van der Waals surface area contributed by atoms with Crippen LogP contribution >= 0.6 is 0 Å². The van der Waals surface area contributed by atoms with Crippen LogP contribution < -0.4 is 14.8 Å². The zero-order valence-electron chi connectivity index (χ0n) is 17.1. The highest BCUT2D eigenvalue weighted by Gasteiger charge is 2.16. The van der Waals surface area contributed by atoms with Crippen molar-refractivity contribution in [3.63, 3.8) is 0 Å². The first-order valence-electron chi connectivity index (χ1n) is 9.43. The van der Waals surface area contributed by atoms with Gasteiger partial charge in [-0.05, 0) is 73.9 Å². The number of nitrogens with one attached hydrogen (secondary N) is 2. The van der Waals surface area contributed by atoms with E-state index in [0.717, 1.165) is 22.4 Å². The van der Waals surface area contributed by atoms with Crippen LogP contribution in [0.4, 0.5) is 11.4 Å². The highest BCUT2D eigenvalue weighted by molar-refractivity contribution is 7.92. The molecule has 0 spiro atoms. The van der Waals surface area contributed by atoms with Gasteiger partial charge in [0.1, 0.15) is 5.75 Å². The van der Waals surface area contributed by atoms with Crippen LogP contribution in [0, 0.1) is 20.8 Å². The second kappa shape index (κ2) is 9.00. The summed E-state index contributed by atoms with van der Waals surface area (Å²) in [6, 6.07) is 19.0. The van der Waals surface area contributed by atoms with Crippen molar-refractivity contribution < 1.29 is 17.9 Å². The minimum absolute atomic E-state index is 0.111. The number of anilines is 2. The molecule has 156 valence electrons. The molecule has 0 saturated carbocycles. The molecule has 1 amide bonds. The number of hydrogen-bond acceptors (Lipinski definition) is 4. The van der Waals surface area contributed by atoms with Crippen LogP contribution in [0.15, 0.2) is 71.6 Å². The largest absolute Gasteiger partial charge is 0.484 e. The Morgan fingerprint density at radius 1 is 0.867 bits per heavy atom. The van der Waals surface area contributed by atoms with E-state index in [4.69, 9.17) is 4.74 Å². The van der Waals surface area contributed by atoms with Gasteiger partial charge in [0.25, 0.3) is 15.9 Å². The minimum Gasteiger partial charge on any atom is -0.484 e. The summed E-state index contributed by atoms with van der Waals surface area (Å²) < 4.78 is 33.4.